The average molecular weight is 523 g/mol. The highest BCUT2D eigenvalue weighted by Crippen LogP contribution is 2.69. The lowest BCUT2D eigenvalue weighted by molar-refractivity contribution is -0.173. The maximum Gasteiger partial charge on any atom is 0.166 e. The minimum Gasteiger partial charge on any atom is -0.504 e. The van der Waals surface area contributed by atoms with Gasteiger partial charge in [-0.15, -0.1) is 0 Å². The molecule has 0 unspecified atom stereocenters. The van der Waals surface area contributed by atoms with E-state index in [4.69, 9.17) is 4.74 Å². The number of aromatic hydroxyl groups is 1. The van der Waals surface area contributed by atoms with E-state index in [2.05, 4.69) is 39.8 Å². The molecule has 1 saturated heterocycles. The molecule has 1 spiro atoms. The largest absolute Gasteiger partial charge is 0.504 e. The number of halogens is 1. The van der Waals surface area contributed by atoms with Crippen LogP contribution in [-0.2, 0) is 24.8 Å². The fraction of sp³-hybridized carbons (Fsp3) is 0.394. The number of phenolic OH excluding ortho intramolecular Hbond substituents is 1. The van der Waals surface area contributed by atoms with Crippen molar-refractivity contribution >= 4 is 10.9 Å². The summed E-state index contributed by atoms with van der Waals surface area (Å²) in [5.41, 5.74) is 4.94. The summed E-state index contributed by atoms with van der Waals surface area (Å²) in [4.78, 5) is 2.57. The summed E-state index contributed by atoms with van der Waals surface area (Å²) >= 11 is 0. The fourth-order valence-corrected chi connectivity index (χ4v) is 8.75. The Kier molecular flexibility index (Phi) is 4.28. The predicted molar refractivity (Wildman–Crippen MR) is 146 cm³/mol. The zero-order chi connectivity index (χ0) is 26.1. The number of ether oxygens (including phenoxy) is 1. The van der Waals surface area contributed by atoms with Gasteiger partial charge in [-0.05, 0) is 79.1 Å². The quantitative estimate of drug-likeness (QED) is 0.385. The molecule has 1 aromatic heterocycles. The van der Waals surface area contributed by atoms with E-state index in [1.165, 1.54) is 30.5 Å². The third kappa shape index (κ3) is 2.76. The van der Waals surface area contributed by atoms with Gasteiger partial charge in [0.15, 0.2) is 17.6 Å². The molecule has 1 saturated carbocycles. The highest BCUT2D eigenvalue weighted by Gasteiger charge is 2.73. The molecular formula is C33H31FN2O3. The third-order valence-electron chi connectivity index (χ3n) is 10.6. The van der Waals surface area contributed by atoms with Crippen LogP contribution in [0.25, 0.3) is 10.9 Å². The van der Waals surface area contributed by atoms with Crippen molar-refractivity contribution in [1.29, 1.82) is 0 Å². The molecule has 3 heterocycles. The number of likely N-dealkylation sites (tertiary alicyclic amines) is 1. The van der Waals surface area contributed by atoms with Crippen LogP contribution >= 0.6 is 0 Å². The molecule has 6 heteroatoms. The molecule has 2 bridgehead atoms. The molecule has 198 valence electrons. The average Bonchev–Trinajstić information content (AvgIpc) is 3.61. The number of phenols is 1. The fourth-order valence-electron chi connectivity index (χ4n) is 8.75. The van der Waals surface area contributed by atoms with E-state index in [-0.39, 0.29) is 17.6 Å². The van der Waals surface area contributed by atoms with Crippen LogP contribution in [-0.4, -0.2) is 44.4 Å². The van der Waals surface area contributed by atoms with Gasteiger partial charge in [0.25, 0.3) is 0 Å². The Balaban J connectivity index is 1.30. The van der Waals surface area contributed by atoms with Crippen LogP contribution < -0.4 is 4.74 Å². The van der Waals surface area contributed by atoms with Gasteiger partial charge in [-0.1, -0.05) is 36.4 Å². The number of benzene rings is 3. The van der Waals surface area contributed by atoms with Gasteiger partial charge in [-0.3, -0.25) is 4.90 Å². The van der Waals surface area contributed by atoms with Gasteiger partial charge in [0.05, 0.1) is 16.7 Å². The van der Waals surface area contributed by atoms with Crippen molar-refractivity contribution in [1.82, 2.24) is 9.47 Å². The maximum atomic E-state index is 13.8. The first-order chi connectivity index (χ1) is 19.0. The first-order valence-electron chi connectivity index (χ1n) is 14.3. The molecular weight excluding hydrogens is 491 g/mol. The van der Waals surface area contributed by atoms with Crippen LogP contribution in [0.2, 0.25) is 0 Å². The smallest absolute Gasteiger partial charge is 0.166 e. The molecule has 5 nitrogen and oxygen atoms in total. The molecule has 9 rings (SSSR count). The molecule has 39 heavy (non-hydrogen) atoms. The molecule has 2 fully saturated rings. The Morgan fingerprint density at radius 1 is 1.03 bits per heavy atom. The maximum absolute atomic E-state index is 13.8. The van der Waals surface area contributed by atoms with Crippen molar-refractivity contribution in [2.24, 2.45) is 5.92 Å². The Morgan fingerprint density at radius 3 is 2.67 bits per heavy atom. The molecule has 3 aromatic carbocycles. The van der Waals surface area contributed by atoms with Crippen molar-refractivity contribution in [2.45, 2.75) is 61.8 Å². The minimum absolute atomic E-state index is 0.00769. The van der Waals surface area contributed by atoms with E-state index in [1.54, 1.807) is 6.07 Å². The zero-order valence-electron chi connectivity index (χ0n) is 21.7. The molecule has 4 atom stereocenters. The topological polar surface area (TPSA) is 57.9 Å². The van der Waals surface area contributed by atoms with E-state index < -0.39 is 17.1 Å². The molecule has 5 aliphatic rings. The van der Waals surface area contributed by atoms with E-state index in [9.17, 15) is 14.6 Å². The predicted octanol–water partition coefficient (Wildman–Crippen LogP) is 5.23. The third-order valence-corrected chi connectivity index (χ3v) is 10.6. The standard InChI is InChI=1S/C33H31FN2O3/c34-22-10-7-20(8-11-22)18-36-25-4-2-1-3-23(25)24-16-33(38)27-15-21-9-12-26(37)30-28(21)32(33,31(39-30)29(24)36)13-14-35(27)17-19-5-6-19/h1-4,7-12,19,27,31,37-38H,5-6,13-18H2/t27-,31-,32-,33+/m0/s1. The lowest BCUT2D eigenvalue weighted by Crippen LogP contribution is -2.74. The van der Waals surface area contributed by atoms with Gasteiger partial charge in [0, 0.05) is 42.0 Å². The summed E-state index contributed by atoms with van der Waals surface area (Å²) in [6, 6.07) is 18.9. The van der Waals surface area contributed by atoms with Gasteiger partial charge in [0.2, 0.25) is 0 Å². The van der Waals surface area contributed by atoms with Crippen LogP contribution in [0.5, 0.6) is 11.5 Å². The number of piperidine rings is 1. The molecule has 2 aliphatic heterocycles. The highest BCUT2D eigenvalue weighted by atomic mass is 19.1. The van der Waals surface area contributed by atoms with Crippen molar-refractivity contribution in [2.75, 3.05) is 13.1 Å². The van der Waals surface area contributed by atoms with Crippen LogP contribution in [0.3, 0.4) is 0 Å². The molecule has 0 radical (unpaired) electrons. The number of aliphatic hydroxyl groups is 1. The Labute approximate surface area is 226 Å². The lowest BCUT2D eigenvalue weighted by Gasteiger charge is -2.63. The molecule has 0 amide bonds. The normalized spacial score (nSPS) is 30.2. The summed E-state index contributed by atoms with van der Waals surface area (Å²) in [6.45, 7) is 2.55. The number of fused-ring (bicyclic) bond motifs is 4. The highest BCUT2D eigenvalue weighted by molar-refractivity contribution is 5.87. The number of hydrogen-bond acceptors (Lipinski definition) is 4. The number of rotatable bonds is 4. The van der Waals surface area contributed by atoms with Crippen LogP contribution in [0.1, 0.15) is 53.3 Å². The second-order valence-electron chi connectivity index (χ2n) is 12.5. The zero-order valence-corrected chi connectivity index (χ0v) is 21.7. The van der Waals surface area contributed by atoms with Crippen LogP contribution in [0.4, 0.5) is 4.39 Å². The van der Waals surface area contributed by atoms with E-state index in [0.717, 1.165) is 65.1 Å². The van der Waals surface area contributed by atoms with Gasteiger partial charge < -0.3 is 19.5 Å². The van der Waals surface area contributed by atoms with Crippen molar-refractivity contribution in [3.63, 3.8) is 0 Å². The Bertz CT molecular complexity index is 1670. The number of para-hydroxylation sites is 1. The molecule has 4 aromatic rings. The van der Waals surface area contributed by atoms with E-state index in [1.807, 2.05) is 12.1 Å². The Hall–Kier alpha value is -3.35. The lowest BCUT2D eigenvalue weighted by atomic mass is 9.49. The first-order valence-corrected chi connectivity index (χ1v) is 14.3. The molecule has 2 N–H and O–H groups in total. The number of nitrogens with zero attached hydrogens (tertiary/aromatic N) is 2. The number of aromatic nitrogens is 1. The summed E-state index contributed by atoms with van der Waals surface area (Å²) in [5, 5.41) is 25.3. The minimum atomic E-state index is -1.01. The second-order valence-corrected chi connectivity index (χ2v) is 12.5. The molecule has 3 aliphatic carbocycles. The first kappa shape index (κ1) is 22.5. The summed E-state index contributed by atoms with van der Waals surface area (Å²) in [5.74, 6) is 1.20. The van der Waals surface area contributed by atoms with Gasteiger partial charge >= 0.3 is 0 Å². The summed E-state index contributed by atoms with van der Waals surface area (Å²) in [6.07, 6.45) is 4.28. The monoisotopic (exact) mass is 522 g/mol. The van der Waals surface area contributed by atoms with E-state index in [0.29, 0.717) is 18.7 Å². The van der Waals surface area contributed by atoms with Gasteiger partial charge in [-0.25, -0.2) is 4.39 Å². The van der Waals surface area contributed by atoms with Crippen LogP contribution in [0.15, 0.2) is 60.7 Å². The number of hydrogen-bond donors (Lipinski definition) is 2. The summed E-state index contributed by atoms with van der Waals surface area (Å²) in [7, 11) is 0. The van der Waals surface area contributed by atoms with Gasteiger partial charge in [0.1, 0.15) is 5.82 Å². The van der Waals surface area contributed by atoms with Crippen molar-refractivity contribution in [3.8, 4) is 11.5 Å². The van der Waals surface area contributed by atoms with Gasteiger partial charge in [-0.2, -0.15) is 0 Å². The Morgan fingerprint density at radius 2 is 1.85 bits per heavy atom. The van der Waals surface area contributed by atoms with E-state index >= 15 is 0 Å². The SMILES string of the molecule is Oc1ccc2c3c1O[C@H]1c4c(c5ccccc5n4Cc4ccc(F)cc4)C[C@@]4(O)[C@H](C2)N(CC2CC2)CC[C@]314. The van der Waals surface area contributed by atoms with Crippen molar-refractivity contribution < 1.29 is 19.3 Å². The van der Waals surface area contributed by atoms with Crippen LogP contribution in [0, 0.1) is 11.7 Å². The summed E-state index contributed by atoms with van der Waals surface area (Å²) < 4.78 is 22.9. The second kappa shape index (κ2) is 7.43. The van der Waals surface area contributed by atoms with Crippen molar-refractivity contribution in [3.05, 3.63) is 94.4 Å².